The molecule has 8 heteroatoms. The third-order valence-corrected chi connectivity index (χ3v) is 4.14. The Hall–Kier alpha value is -3.29. The normalized spacial score (nSPS) is 10.9. The van der Waals surface area contributed by atoms with Crippen LogP contribution >= 0.6 is 0 Å². The first-order valence-electron chi connectivity index (χ1n) is 8.20. The molecule has 0 aliphatic rings. The van der Waals surface area contributed by atoms with Gasteiger partial charge in [-0.25, -0.2) is 4.79 Å². The molecule has 0 aliphatic heterocycles. The molecule has 1 aromatic carbocycles. The Balaban J connectivity index is 1.92. The number of anilines is 1. The highest BCUT2D eigenvalue weighted by Crippen LogP contribution is 2.23. The van der Waals surface area contributed by atoms with Gasteiger partial charge in [0.2, 0.25) is 5.91 Å². The topological polar surface area (TPSA) is 87.3 Å². The zero-order chi connectivity index (χ0) is 18.8. The molecule has 0 atom stereocenters. The zero-order valence-electron chi connectivity index (χ0n) is 14.9. The van der Waals surface area contributed by atoms with Crippen LogP contribution in [-0.2, 0) is 25.4 Å². The van der Waals surface area contributed by atoms with Gasteiger partial charge in [-0.05, 0) is 25.1 Å². The summed E-state index contributed by atoms with van der Waals surface area (Å²) in [5, 5.41) is 3.19. The second kappa shape index (κ2) is 6.91. The molecule has 0 fully saturated rings. The van der Waals surface area contributed by atoms with Crippen LogP contribution in [0.25, 0.3) is 11.0 Å². The number of ether oxygens (including phenoxy) is 1. The van der Waals surface area contributed by atoms with Gasteiger partial charge in [-0.1, -0.05) is 12.1 Å². The van der Waals surface area contributed by atoms with Gasteiger partial charge < -0.3 is 14.6 Å². The lowest BCUT2D eigenvalue weighted by molar-refractivity contribution is -0.116. The third kappa shape index (κ3) is 3.01. The van der Waals surface area contributed by atoms with E-state index in [0.29, 0.717) is 29.1 Å². The van der Waals surface area contributed by atoms with E-state index in [0.717, 1.165) is 4.57 Å². The first-order chi connectivity index (χ1) is 12.4. The van der Waals surface area contributed by atoms with Crippen LogP contribution in [0.15, 0.2) is 46.1 Å². The number of hydrogen-bond donors (Lipinski definition) is 1. The smallest absolute Gasteiger partial charge is 0.332 e. The summed E-state index contributed by atoms with van der Waals surface area (Å²) >= 11 is 0. The fraction of sp³-hybridized carbons (Fsp3) is 0.278. The van der Waals surface area contributed by atoms with Crippen molar-refractivity contribution in [1.82, 2.24) is 13.7 Å². The molecule has 3 rings (SSSR count). The molecule has 1 amide bonds. The van der Waals surface area contributed by atoms with E-state index < -0.39 is 5.69 Å². The first-order valence-corrected chi connectivity index (χ1v) is 8.20. The van der Waals surface area contributed by atoms with E-state index in [1.54, 1.807) is 42.1 Å². The highest BCUT2D eigenvalue weighted by Gasteiger charge is 2.15. The number of nitrogens with zero attached hydrogens (tertiary/aromatic N) is 3. The SMILES string of the molecule is CCOc1ccccc1NC(=O)Cn1ccc2c(=O)n(C)c(=O)n(C)c21. The summed E-state index contributed by atoms with van der Waals surface area (Å²) in [5.41, 5.74) is 0.153. The molecule has 8 nitrogen and oxygen atoms in total. The predicted octanol–water partition coefficient (Wildman–Crippen LogP) is 1.08. The summed E-state index contributed by atoms with van der Waals surface area (Å²) in [5.74, 6) is 0.296. The fourth-order valence-corrected chi connectivity index (χ4v) is 2.91. The maximum atomic E-state index is 12.5. The van der Waals surface area contributed by atoms with Crippen LogP contribution in [0.4, 0.5) is 5.69 Å². The van der Waals surface area contributed by atoms with E-state index in [9.17, 15) is 14.4 Å². The van der Waals surface area contributed by atoms with Gasteiger partial charge in [0.05, 0.1) is 17.7 Å². The van der Waals surface area contributed by atoms with Crippen LogP contribution in [-0.4, -0.2) is 26.2 Å². The number of hydrogen-bond acceptors (Lipinski definition) is 4. The number of carbonyl (C=O) groups is 1. The Morgan fingerprint density at radius 3 is 2.58 bits per heavy atom. The van der Waals surface area contributed by atoms with Crippen LogP contribution < -0.4 is 21.3 Å². The number of carbonyl (C=O) groups excluding carboxylic acids is 1. The number of para-hydroxylation sites is 2. The maximum absolute atomic E-state index is 12.5. The van der Waals surface area contributed by atoms with Crippen LogP contribution in [0.1, 0.15) is 6.92 Å². The van der Waals surface area contributed by atoms with Crippen molar-refractivity contribution in [3.63, 3.8) is 0 Å². The minimum absolute atomic E-state index is 0.0373. The molecule has 0 bridgehead atoms. The Morgan fingerprint density at radius 2 is 1.85 bits per heavy atom. The van der Waals surface area contributed by atoms with Crippen molar-refractivity contribution in [2.45, 2.75) is 13.5 Å². The summed E-state index contributed by atoms with van der Waals surface area (Å²) in [4.78, 5) is 36.8. The Labute approximate surface area is 149 Å². The van der Waals surface area contributed by atoms with Crippen LogP contribution in [0.5, 0.6) is 5.75 Å². The van der Waals surface area contributed by atoms with Gasteiger partial charge in [-0.15, -0.1) is 0 Å². The zero-order valence-corrected chi connectivity index (χ0v) is 14.9. The number of benzene rings is 1. The first kappa shape index (κ1) is 17.5. The highest BCUT2D eigenvalue weighted by atomic mass is 16.5. The monoisotopic (exact) mass is 356 g/mol. The molecule has 0 spiro atoms. The van der Waals surface area contributed by atoms with E-state index in [1.165, 1.54) is 11.6 Å². The van der Waals surface area contributed by atoms with Gasteiger partial charge in [-0.2, -0.15) is 0 Å². The van der Waals surface area contributed by atoms with Crippen LogP contribution in [0.2, 0.25) is 0 Å². The van der Waals surface area contributed by atoms with Crippen molar-refractivity contribution in [3.8, 4) is 5.75 Å². The van der Waals surface area contributed by atoms with E-state index in [-0.39, 0.29) is 18.0 Å². The van der Waals surface area contributed by atoms with Gasteiger partial charge in [-0.3, -0.25) is 18.7 Å². The maximum Gasteiger partial charge on any atom is 0.332 e. The molecule has 1 N–H and O–H groups in total. The van der Waals surface area contributed by atoms with Gasteiger partial charge in [0.25, 0.3) is 5.56 Å². The number of nitrogens with one attached hydrogen (secondary N) is 1. The van der Waals surface area contributed by atoms with Gasteiger partial charge in [0.15, 0.2) is 0 Å². The number of fused-ring (bicyclic) bond motifs is 1. The Bertz CT molecular complexity index is 1090. The lowest BCUT2D eigenvalue weighted by Gasteiger charge is -2.13. The highest BCUT2D eigenvalue weighted by molar-refractivity contribution is 5.93. The molecule has 0 saturated carbocycles. The lowest BCUT2D eigenvalue weighted by Crippen LogP contribution is -2.37. The minimum Gasteiger partial charge on any atom is -0.492 e. The average Bonchev–Trinajstić information content (AvgIpc) is 3.03. The fourth-order valence-electron chi connectivity index (χ4n) is 2.91. The molecule has 2 aromatic heterocycles. The molecule has 0 unspecified atom stereocenters. The van der Waals surface area contributed by atoms with Crippen molar-refractivity contribution in [2.24, 2.45) is 14.1 Å². The summed E-state index contributed by atoms with van der Waals surface area (Å²) in [6.07, 6.45) is 1.62. The Morgan fingerprint density at radius 1 is 1.12 bits per heavy atom. The summed E-state index contributed by atoms with van der Waals surface area (Å²) in [6, 6.07) is 8.76. The predicted molar refractivity (Wildman–Crippen MR) is 98.7 cm³/mol. The van der Waals surface area contributed by atoms with Gasteiger partial charge in [0, 0.05) is 20.3 Å². The van der Waals surface area contributed by atoms with E-state index >= 15 is 0 Å². The molecule has 136 valence electrons. The van der Waals surface area contributed by atoms with E-state index in [1.807, 2.05) is 13.0 Å². The summed E-state index contributed by atoms with van der Waals surface area (Å²) in [7, 11) is 3.00. The second-order valence-electron chi connectivity index (χ2n) is 5.86. The molecule has 26 heavy (non-hydrogen) atoms. The quantitative estimate of drug-likeness (QED) is 0.741. The van der Waals surface area contributed by atoms with E-state index in [4.69, 9.17) is 4.74 Å². The second-order valence-corrected chi connectivity index (χ2v) is 5.86. The molecule has 2 heterocycles. The molecule has 0 aliphatic carbocycles. The van der Waals surface area contributed by atoms with Crippen molar-refractivity contribution >= 4 is 22.6 Å². The largest absolute Gasteiger partial charge is 0.492 e. The van der Waals surface area contributed by atoms with Crippen molar-refractivity contribution in [1.29, 1.82) is 0 Å². The van der Waals surface area contributed by atoms with Crippen LogP contribution in [0.3, 0.4) is 0 Å². The minimum atomic E-state index is -0.440. The van der Waals surface area contributed by atoms with Crippen LogP contribution in [0, 0.1) is 0 Å². The molecule has 3 aromatic rings. The van der Waals surface area contributed by atoms with Gasteiger partial charge in [0.1, 0.15) is 17.9 Å². The Kier molecular flexibility index (Phi) is 4.66. The average molecular weight is 356 g/mol. The third-order valence-electron chi connectivity index (χ3n) is 4.14. The van der Waals surface area contributed by atoms with Crippen molar-refractivity contribution in [3.05, 3.63) is 57.4 Å². The molecular formula is C18H20N4O4. The number of amides is 1. The lowest BCUT2D eigenvalue weighted by atomic mass is 10.3. The molecule has 0 radical (unpaired) electrons. The number of rotatable bonds is 5. The molecule has 0 saturated heterocycles. The molecular weight excluding hydrogens is 336 g/mol. The van der Waals surface area contributed by atoms with Crippen molar-refractivity contribution in [2.75, 3.05) is 11.9 Å². The summed E-state index contributed by atoms with van der Waals surface area (Å²) < 4.78 is 9.48. The standard InChI is InChI=1S/C18H20N4O4/c1-4-26-14-8-6-5-7-13(14)19-15(23)11-22-10-9-12-16(22)20(2)18(25)21(3)17(12)24/h5-10H,4,11H2,1-3H3,(H,19,23). The number of aromatic nitrogens is 3. The van der Waals surface area contributed by atoms with Crippen molar-refractivity contribution < 1.29 is 9.53 Å². The van der Waals surface area contributed by atoms with Gasteiger partial charge >= 0.3 is 5.69 Å². The summed E-state index contributed by atoms with van der Waals surface area (Å²) in [6.45, 7) is 2.32. The van der Waals surface area contributed by atoms with E-state index in [2.05, 4.69) is 5.32 Å². The number of aryl methyl sites for hydroxylation is 1.